The molecule has 0 saturated heterocycles. The van der Waals surface area contributed by atoms with Crippen LogP contribution < -0.4 is 4.74 Å². The van der Waals surface area contributed by atoms with Gasteiger partial charge in [-0.05, 0) is 13.0 Å². The Balaban J connectivity index is 3.24. The Bertz CT molecular complexity index is 510. The third-order valence-electron chi connectivity index (χ3n) is 2.29. The average molecular weight is 252 g/mol. The van der Waals surface area contributed by atoms with Gasteiger partial charge in [-0.25, -0.2) is 9.78 Å². The third kappa shape index (κ3) is 2.82. The summed E-state index contributed by atoms with van der Waals surface area (Å²) in [7, 11) is 2.55. The molecule has 0 fully saturated rings. The topological polar surface area (TPSA) is 91.6 Å². The molecule has 0 spiro atoms. The van der Waals surface area contributed by atoms with Gasteiger partial charge in [-0.3, -0.25) is 10.1 Å². The molecule has 0 saturated carbocycles. The second-order valence-corrected chi connectivity index (χ2v) is 3.31. The first kappa shape index (κ1) is 13.6. The lowest BCUT2D eigenvalue weighted by molar-refractivity contribution is -0.386. The molecule has 0 amide bonds. The minimum atomic E-state index is -0.573. The Hall–Kier alpha value is -2.44. The van der Waals surface area contributed by atoms with E-state index in [9.17, 15) is 14.9 Å². The summed E-state index contributed by atoms with van der Waals surface area (Å²) in [5.41, 5.74) is 0.601. The zero-order valence-corrected chi connectivity index (χ0v) is 10.2. The van der Waals surface area contributed by atoms with Gasteiger partial charge < -0.3 is 9.47 Å². The summed E-state index contributed by atoms with van der Waals surface area (Å²) in [6, 6.07) is 0. The predicted molar refractivity (Wildman–Crippen MR) is 63.2 cm³/mol. The highest BCUT2D eigenvalue weighted by Gasteiger charge is 2.21. The fourth-order valence-electron chi connectivity index (χ4n) is 1.34. The molecule has 0 aliphatic rings. The van der Waals surface area contributed by atoms with E-state index in [-0.39, 0.29) is 11.6 Å². The smallest absolute Gasteiger partial charge is 0.334 e. The van der Waals surface area contributed by atoms with Crippen molar-refractivity contribution in [3.63, 3.8) is 0 Å². The number of carbonyl (C=O) groups excluding carboxylic acids is 1. The fraction of sp³-hybridized carbons (Fsp3) is 0.273. The summed E-state index contributed by atoms with van der Waals surface area (Å²) in [5, 5.41) is 10.9. The maximum absolute atomic E-state index is 11.0. The minimum absolute atomic E-state index is 0.0623. The molecule has 1 aromatic heterocycles. The number of nitro groups is 1. The molecular weight excluding hydrogens is 240 g/mol. The molecule has 0 atom stereocenters. The van der Waals surface area contributed by atoms with Gasteiger partial charge in [-0.2, -0.15) is 0 Å². The fourth-order valence-corrected chi connectivity index (χ4v) is 1.34. The van der Waals surface area contributed by atoms with E-state index in [0.29, 0.717) is 11.1 Å². The Morgan fingerprint density at radius 3 is 2.67 bits per heavy atom. The monoisotopic (exact) mass is 252 g/mol. The largest absolute Gasteiger partial charge is 0.476 e. The second kappa shape index (κ2) is 5.76. The Morgan fingerprint density at radius 2 is 2.17 bits per heavy atom. The van der Waals surface area contributed by atoms with Crippen molar-refractivity contribution in [2.24, 2.45) is 0 Å². The molecule has 0 radical (unpaired) electrons. The molecule has 0 N–H and O–H groups in total. The van der Waals surface area contributed by atoms with E-state index < -0.39 is 10.9 Å². The van der Waals surface area contributed by atoms with E-state index in [1.54, 1.807) is 6.92 Å². The summed E-state index contributed by atoms with van der Waals surface area (Å²) >= 11 is 0. The minimum Gasteiger partial charge on any atom is -0.476 e. The van der Waals surface area contributed by atoms with Crippen molar-refractivity contribution in [3.8, 4) is 5.88 Å². The third-order valence-corrected chi connectivity index (χ3v) is 2.29. The maximum atomic E-state index is 11.0. The van der Waals surface area contributed by atoms with Crippen LogP contribution in [0.4, 0.5) is 5.69 Å². The van der Waals surface area contributed by atoms with Crippen molar-refractivity contribution in [1.82, 2.24) is 4.98 Å². The SMILES string of the molecule is COC(=O)C=Cc1cnc(OC)c([N+](=O)[O-])c1C. The number of esters is 1. The van der Waals surface area contributed by atoms with Gasteiger partial charge in [0, 0.05) is 23.4 Å². The number of ether oxygens (including phenoxy) is 2. The normalized spacial score (nSPS) is 10.4. The first-order chi connectivity index (χ1) is 8.51. The average Bonchev–Trinajstić information content (AvgIpc) is 2.35. The maximum Gasteiger partial charge on any atom is 0.334 e. The van der Waals surface area contributed by atoms with Crippen LogP contribution in [0.1, 0.15) is 11.1 Å². The molecule has 0 aliphatic carbocycles. The van der Waals surface area contributed by atoms with Crippen molar-refractivity contribution in [3.05, 3.63) is 33.5 Å². The molecule has 7 nitrogen and oxygen atoms in total. The molecule has 7 heteroatoms. The predicted octanol–water partition coefficient (Wildman–Crippen LogP) is 1.49. The van der Waals surface area contributed by atoms with Gasteiger partial charge >= 0.3 is 11.7 Å². The van der Waals surface area contributed by atoms with Crippen LogP contribution in [0.3, 0.4) is 0 Å². The quantitative estimate of drug-likeness (QED) is 0.349. The van der Waals surface area contributed by atoms with Gasteiger partial charge in [-0.1, -0.05) is 0 Å². The van der Waals surface area contributed by atoms with E-state index in [4.69, 9.17) is 4.74 Å². The number of aromatic nitrogens is 1. The lowest BCUT2D eigenvalue weighted by atomic mass is 10.1. The number of methoxy groups -OCH3 is 2. The Kier molecular flexibility index (Phi) is 4.36. The molecule has 0 aromatic carbocycles. The van der Waals surface area contributed by atoms with Crippen molar-refractivity contribution >= 4 is 17.7 Å². The van der Waals surface area contributed by atoms with E-state index >= 15 is 0 Å². The summed E-state index contributed by atoms with van der Waals surface area (Å²) in [6.45, 7) is 1.55. The highest BCUT2D eigenvalue weighted by atomic mass is 16.6. The highest BCUT2D eigenvalue weighted by molar-refractivity contribution is 5.87. The lowest BCUT2D eigenvalue weighted by Crippen LogP contribution is -2.01. The van der Waals surface area contributed by atoms with Crippen LogP contribution in [0.5, 0.6) is 5.88 Å². The molecule has 0 aliphatic heterocycles. The van der Waals surface area contributed by atoms with Crippen LogP contribution in [0, 0.1) is 17.0 Å². The number of carbonyl (C=O) groups is 1. The molecule has 1 rings (SSSR count). The molecule has 1 heterocycles. The zero-order chi connectivity index (χ0) is 13.7. The second-order valence-electron chi connectivity index (χ2n) is 3.31. The molecular formula is C11H12N2O5. The summed E-state index contributed by atoms with van der Waals surface area (Å²) in [5.74, 6) is -0.611. The van der Waals surface area contributed by atoms with Gasteiger partial charge in [0.1, 0.15) is 0 Å². The number of rotatable bonds is 4. The molecule has 0 bridgehead atoms. The van der Waals surface area contributed by atoms with Crippen LogP contribution in [-0.2, 0) is 9.53 Å². The van der Waals surface area contributed by atoms with Gasteiger partial charge in [0.15, 0.2) is 0 Å². The van der Waals surface area contributed by atoms with Crippen molar-refractivity contribution in [2.75, 3.05) is 14.2 Å². The number of hydrogen-bond donors (Lipinski definition) is 0. The van der Waals surface area contributed by atoms with Crippen LogP contribution in [-0.4, -0.2) is 30.1 Å². The van der Waals surface area contributed by atoms with E-state index in [2.05, 4.69) is 9.72 Å². The molecule has 0 unspecified atom stereocenters. The summed E-state index contributed by atoms with van der Waals surface area (Å²) in [4.78, 5) is 25.1. The highest BCUT2D eigenvalue weighted by Crippen LogP contribution is 2.30. The van der Waals surface area contributed by atoms with Crippen LogP contribution in [0.2, 0.25) is 0 Å². The number of hydrogen-bond acceptors (Lipinski definition) is 6. The molecule has 1 aromatic rings. The van der Waals surface area contributed by atoms with Gasteiger partial charge in [0.05, 0.1) is 19.1 Å². The van der Waals surface area contributed by atoms with Crippen molar-refractivity contribution < 1.29 is 19.2 Å². The van der Waals surface area contributed by atoms with E-state index in [1.165, 1.54) is 32.6 Å². The van der Waals surface area contributed by atoms with Crippen LogP contribution in [0.25, 0.3) is 6.08 Å². The standard InChI is InChI=1S/C11H12N2O5/c1-7-8(4-5-9(14)17-2)6-12-11(18-3)10(7)13(15)16/h4-6H,1-3H3. The summed E-state index contributed by atoms with van der Waals surface area (Å²) in [6.07, 6.45) is 3.96. The van der Waals surface area contributed by atoms with Gasteiger partial charge in [-0.15, -0.1) is 0 Å². The molecule has 96 valence electrons. The number of pyridine rings is 1. The zero-order valence-electron chi connectivity index (χ0n) is 10.2. The summed E-state index contributed by atoms with van der Waals surface area (Å²) < 4.78 is 9.25. The van der Waals surface area contributed by atoms with Gasteiger partial charge in [0.25, 0.3) is 5.88 Å². The lowest BCUT2D eigenvalue weighted by Gasteiger charge is -2.05. The van der Waals surface area contributed by atoms with Crippen molar-refractivity contribution in [1.29, 1.82) is 0 Å². The Labute approximate surface area is 103 Å². The van der Waals surface area contributed by atoms with E-state index in [0.717, 1.165) is 0 Å². The molecule has 18 heavy (non-hydrogen) atoms. The first-order valence-electron chi connectivity index (χ1n) is 4.95. The van der Waals surface area contributed by atoms with Gasteiger partial charge in [0.2, 0.25) is 0 Å². The Morgan fingerprint density at radius 1 is 1.50 bits per heavy atom. The van der Waals surface area contributed by atoms with Crippen molar-refractivity contribution in [2.45, 2.75) is 6.92 Å². The first-order valence-corrected chi connectivity index (χ1v) is 4.95. The van der Waals surface area contributed by atoms with Crippen LogP contribution in [0.15, 0.2) is 12.3 Å². The van der Waals surface area contributed by atoms with E-state index in [1.807, 2.05) is 0 Å². The number of nitrogens with zero attached hydrogens (tertiary/aromatic N) is 2. The van der Waals surface area contributed by atoms with Crippen LogP contribution >= 0.6 is 0 Å².